The molecular formula is C19H20NO4P. The van der Waals surface area contributed by atoms with Gasteiger partial charge in [-0.2, -0.15) is 0 Å². The molecule has 1 atom stereocenters. The van der Waals surface area contributed by atoms with Gasteiger partial charge in [0.05, 0.1) is 0 Å². The van der Waals surface area contributed by atoms with Gasteiger partial charge < -0.3 is 19.5 Å². The van der Waals surface area contributed by atoms with Gasteiger partial charge in [0.1, 0.15) is 5.75 Å². The monoisotopic (exact) mass is 357 g/mol. The Morgan fingerprint density at radius 1 is 0.920 bits per heavy atom. The van der Waals surface area contributed by atoms with Crippen molar-refractivity contribution in [3.63, 3.8) is 0 Å². The molecule has 5 nitrogen and oxygen atoms in total. The summed E-state index contributed by atoms with van der Waals surface area (Å²) in [5.74, 6) is -0.567. The number of anilines is 1. The van der Waals surface area contributed by atoms with Gasteiger partial charge in [0.25, 0.3) is 0 Å². The molecule has 0 fully saturated rings. The third-order valence-corrected chi connectivity index (χ3v) is 6.16. The summed E-state index contributed by atoms with van der Waals surface area (Å²) in [5, 5.41) is 15.0. The van der Waals surface area contributed by atoms with Gasteiger partial charge in [-0.05, 0) is 40.6 Å². The lowest BCUT2D eigenvalue weighted by molar-refractivity contribution is 0.268. The Labute approximate surface area is 146 Å². The smallest absolute Gasteiger partial charge is 0.356 e. The van der Waals surface area contributed by atoms with Crippen LogP contribution in [-0.4, -0.2) is 19.3 Å². The van der Waals surface area contributed by atoms with E-state index < -0.39 is 13.4 Å². The van der Waals surface area contributed by atoms with Crippen molar-refractivity contribution >= 4 is 24.1 Å². The van der Waals surface area contributed by atoms with E-state index in [0.29, 0.717) is 5.56 Å². The topological polar surface area (TPSA) is 67.8 Å². The third-order valence-electron chi connectivity index (χ3n) is 4.09. The summed E-state index contributed by atoms with van der Waals surface area (Å²) < 4.78 is 23.4. The Balaban J connectivity index is 2.01. The van der Waals surface area contributed by atoms with Crippen LogP contribution in [0.1, 0.15) is 11.3 Å². The van der Waals surface area contributed by atoms with Crippen LogP contribution in [-0.2, 0) is 13.6 Å². The fourth-order valence-electron chi connectivity index (χ4n) is 2.72. The van der Waals surface area contributed by atoms with E-state index in [-0.39, 0.29) is 5.75 Å². The quantitative estimate of drug-likeness (QED) is 0.598. The van der Waals surface area contributed by atoms with Crippen molar-refractivity contribution in [2.75, 3.05) is 19.5 Å². The zero-order chi connectivity index (χ0) is 17.9. The number of phenolic OH excluding ortho intramolecular Hbond substituents is 1. The van der Waals surface area contributed by atoms with Crippen LogP contribution in [0.5, 0.6) is 5.75 Å². The molecule has 0 aromatic heterocycles. The number of aromatic hydroxyl groups is 1. The maximum absolute atomic E-state index is 13.0. The molecule has 0 aliphatic rings. The molecule has 0 aliphatic carbocycles. The van der Waals surface area contributed by atoms with Crippen LogP contribution in [0.4, 0.5) is 5.69 Å². The second kappa shape index (κ2) is 7.28. The zero-order valence-electron chi connectivity index (χ0n) is 14.0. The minimum Gasteiger partial charge on any atom is -0.508 e. The van der Waals surface area contributed by atoms with Crippen molar-refractivity contribution in [2.45, 2.75) is 5.78 Å². The summed E-state index contributed by atoms with van der Waals surface area (Å²) in [4.78, 5) is 0. The van der Waals surface area contributed by atoms with Gasteiger partial charge in [-0.25, -0.2) is 0 Å². The standard InChI is InChI=1S/C19H20NO4P/c1-23-25(22,24-2)19(15-8-11-18(21)12-9-15)20-17-10-7-14-5-3-4-6-16(14)13-17/h3-13,19-21H,1-2H3. The molecule has 0 aliphatic heterocycles. The van der Waals surface area contributed by atoms with Crippen LogP contribution in [0.3, 0.4) is 0 Å². The first kappa shape index (κ1) is 17.5. The van der Waals surface area contributed by atoms with E-state index in [1.54, 1.807) is 24.3 Å². The third kappa shape index (κ3) is 3.69. The largest absolute Gasteiger partial charge is 0.508 e. The average Bonchev–Trinajstić information content (AvgIpc) is 2.66. The van der Waals surface area contributed by atoms with E-state index in [1.165, 1.54) is 14.2 Å². The molecule has 2 N–H and O–H groups in total. The Morgan fingerprint density at radius 2 is 1.56 bits per heavy atom. The number of benzene rings is 3. The molecule has 1 unspecified atom stereocenters. The zero-order valence-corrected chi connectivity index (χ0v) is 14.9. The highest BCUT2D eigenvalue weighted by atomic mass is 31.2. The molecule has 3 rings (SSSR count). The predicted octanol–water partition coefficient (Wildman–Crippen LogP) is 5.14. The lowest BCUT2D eigenvalue weighted by Crippen LogP contribution is -2.13. The molecule has 0 radical (unpaired) electrons. The van der Waals surface area contributed by atoms with Crippen molar-refractivity contribution < 1.29 is 18.7 Å². The van der Waals surface area contributed by atoms with Gasteiger partial charge in [-0.3, -0.25) is 4.57 Å². The first-order chi connectivity index (χ1) is 12.1. The Morgan fingerprint density at radius 3 is 2.20 bits per heavy atom. The SMILES string of the molecule is COP(=O)(OC)C(Nc1ccc2ccccc2c1)c1ccc(O)cc1. The fraction of sp³-hybridized carbons (Fsp3) is 0.158. The van der Waals surface area contributed by atoms with Gasteiger partial charge in [-0.1, -0.05) is 42.5 Å². The highest BCUT2D eigenvalue weighted by molar-refractivity contribution is 7.54. The highest BCUT2D eigenvalue weighted by Crippen LogP contribution is 2.59. The lowest BCUT2D eigenvalue weighted by Gasteiger charge is -2.26. The second-order valence-corrected chi connectivity index (χ2v) is 7.93. The number of hydrogen-bond acceptors (Lipinski definition) is 5. The molecule has 3 aromatic carbocycles. The molecule has 0 heterocycles. The van der Waals surface area contributed by atoms with Crippen molar-refractivity contribution in [2.24, 2.45) is 0 Å². The summed E-state index contributed by atoms with van der Waals surface area (Å²) in [7, 11) is -0.725. The van der Waals surface area contributed by atoms with Gasteiger partial charge in [0.2, 0.25) is 0 Å². The van der Waals surface area contributed by atoms with Crippen LogP contribution in [0.2, 0.25) is 0 Å². The van der Waals surface area contributed by atoms with Crippen LogP contribution in [0.25, 0.3) is 10.8 Å². The summed E-state index contributed by atoms with van der Waals surface area (Å²) in [5.41, 5.74) is 1.49. The number of hydrogen-bond donors (Lipinski definition) is 2. The Kier molecular flexibility index (Phi) is 5.09. The molecule has 6 heteroatoms. The van der Waals surface area contributed by atoms with E-state index in [0.717, 1.165) is 16.5 Å². The van der Waals surface area contributed by atoms with E-state index in [2.05, 4.69) is 5.32 Å². The molecule has 3 aromatic rings. The first-order valence-corrected chi connectivity index (χ1v) is 9.42. The molecule has 0 amide bonds. The number of nitrogens with one attached hydrogen (secondary N) is 1. The van der Waals surface area contributed by atoms with Crippen molar-refractivity contribution in [1.29, 1.82) is 0 Å². The second-order valence-electron chi connectivity index (χ2n) is 5.61. The normalized spacial score (nSPS) is 12.9. The number of fused-ring (bicyclic) bond motifs is 1. The number of phenols is 1. The summed E-state index contributed by atoms with van der Waals surface area (Å²) in [6.45, 7) is 0. The molecule has 0 saturated carbocycles. The van der Waals surface area contributed by atoms with Crippen LogP contribution < -0.4 is 5.32 Å². The van der Waals surface area contributed by atoms with Gasteiger partial charge in [0, 0.05) is 19.9 Å². The van der Waals surface area contributed by atoms with Gasteiger partial charge in [-0.15, -0.1) is 0 Å². The molecule has 0 spiro atoms. The molecule has 130 valence electrons. The van der Waals surface area contributed by atoms with Crippen molar-refractivity contribution in [3.05, 3.63) is 72.3 Å². The van der Waals surface area contributed by atoms with E-state index in [4.69, 9.17) is 9.05 Å². The maximum atomic E-state index is 13.0. The Bertz CT molecular complexity index is 903. The molecule has 25 heavy (non-hydrogen) atoms. The molecule has 0 bridgehead atoms. The van der Waals surface area contributed by atoms with Gasteiger partial charge in [0.15, 0.2) is 5.78 Å². The van der Waals surface area contributed by atoms with E-state index >= 15 is 0 Å². The minimum atomic E-state index is -3.45. The van der Waals surface area contributed by atoms with Crippen LogP contribution in [0, 0.1) is 0 Å². The number of rotatable bonds is 6. The maximum Gasteiger partial charge on any atom is 0.356 e. The average molecular weight is 357 g/mol. The Hall–Kier alpha value is -2.33. The van der Waals surface area contributed by atoms with E-state index in [9.17, 15) is 9.67 Å². The van der Waals surface area contributed by atoms with Crippen molar-refractivity contribution in [1.82, 2.24) is 0 Å². The fourth-order valence-corrected chi connectivity index (χ4v) is 4.14. The summed E-state index contributed by atoms with van der Waals surface area (Å²) >= 11 is 0. The van der Waals surface area contributed by atoms with Crippen LogP contribution in [0.15, 0.2) is 66.7 Å². The summed E-state index contributed by atoms with van der Waals surface area (Å²) in [6, 6.07) is 20.4. The summed E-state index contributed by atoms with van der Waals surface area (Å²) in [6.07, 6.45) is 0. The van der Waals surface area contributed by atoms with E-state index in [1.807, 2.05) is 42.5 Å². The van der Waals surface area contributed by atoms with Crippen molar-refractivity contribution in [3.8, 4) is 5.75 Å². The van der Waals surface area contributed by atoms with Gasteiger partial charge >= 0.3 is 7.60 Å². The minimum absolute atomic E-state index is 0.137. The molecular weight excluding hydrogens is 337 g/mol. The predicted molar refractivity (Wildman–Crippen MR) is 100 cm³/mol. The highest BCUT2D eigenvalue weighted by Gasteiger charge is 2.35. The molecule has 0 saturated heterocycles. The lowest BCUT2D eigenvalue weighted by atomic mass is 10.1. The first-order valence-electron chi connectivity index (χ1n) is 7.81. The van der Waals surface area contributed by atoms with Crippen LogP contribution >= 0.6 is 7.60 Å².